The fourth-order valence-corrected chi connectivity index (χ4v) is 5.46. The van der Waals surface area contributed by atoms with Crippen LogP contribution >= 0.6 is 21.6 Å². The van der Waals surface area contributed by atoms with E-state index < -0.39 is 0 Å². The van der Waals surface area contributed by atoms with E-state index in [1.54, 1.807) is 21.6 Å². The first-order valence-corrected chi connectivity index (χ1v) is 16.7. The summed E-state index contributed by atoms with van der Waals surface area (Å²) in [7, 11) is 3.34. The van der Waals surface area contributed by atoms with Crippen molar-refractivity contribution in [2.45, 2.75) is 142 Å². The van der Waals surface area contributed by atoms with Gasteiger partial charge in [-0.25, -0.2) is 0 Å². The first kappa shape index (κ1) is 33.6. The Morgan fingerprint density at radius 3 is 1.09 bits per heavy atom. The van der Waals surface area contributed by atoms with Gasteiger partial charge in [0.25, 0.3) is 0 Å². The molecule has 0 fully saturated rings. The van der Waals surface area contributed by atoms with Gasteiger partial charge in [0.1, 0.15) is 13.2 Å². The lowest BCUT2D eigenvalue weighted by atomic mass is 10.1. The molecule has 0 aliphatic rings. The van der Waals surface area contributed by atoms with E-state index in [4.69, 9.17) is 9.47 Å². The SMILES string of the molecule is CCCCCCCCCCCC(=O)OCCSSCCOC(=O)CCCCCCCCCCC. The lowest BCUT2D eigenvalue weighted by molar-refractivity contribution is -0.144. The average Bonchev–Trinajstić information content (AvgIpc) is 2.83. The lowest BCUT2D eigenvalue weighted by Gasteiger charge is -2.06. The Kier molecular flexibility index (Phi) is 28.6. The Morgan fingerprint density at radius 2 is 0.765 bits per heavy atom. The molecule has 6 heteroatoms. The highest BCUT2D eigenvalue weighted by molar-refractivity contribution is 8.76. The maximum Gasteiger partial charge on any atom is 0.305 e. The summed E-state index contributed by atoms with van der Waals surface area (Å²) in [6.45, 7) is 5.42. The molecule has 0 aromatic rings. The van der Waals surface area contributed by atoms with E-state index in [0.717, 1.165) is 37.2 Å². The fraction of sp³-hybridized carbons (Fsp3) is 0.929. The third kappa shape index (κ3) is 27.9. The quantitative estimate of drug-likeness (QED) is 0.0613. The topological polar surface area (TPSA) is 52.6 Å². The van der Waals surface area contributed by atoms with E-state index in [2.05, 4.69) is 13.8 Å². The van der Waals surface area contributed by atoms with Gasteiger partial charge < -0.3 is 9.47 Å². The van der Waals surface area contributed by atoms with E-state index in [1.807, 2.05) is 0 Å². The second-order valence-corrected chi connectivity index (χ2v) is 11.9. The number of hydrogen-bond acceptors (Lipinski definition) is 6. The molecule has 0 saturated carbocycles. The Bertz CT molecular complexity index is 406. The Balaban J connectivity index is 3.25. The number of unbranched alkanes of at least 4 members (excludes halogenated alkanes) is 16. The molecular weight excluding hydrogens is 464 g/mol. The number of esters is 2. The number of rotatable bonds is 27. The van der Waals surface area contributed by atoms with Crippen LogP contribution in [-0.4, -0.2) is 36.7 Å². The van der Waals surface area contributed by atoms with Gasteiger partial charge >= 0.3 is 11.9 Å². The van der Waals surface area contributed by atoms with Gasteiger partial charge in [-0.2, -0.15) is 0 Å². The van der Waals surface area contributed by atoms with Crippen molar-refractivity contribution < 1.29 is 19.1 Å². The van der Waals surface area contributed by atoms with Gasteiger partial charge in [-0.05, 0) is 12.8 Å². The molecule has 0 spiro atoms. The van der Waals surface area contributed by atoms with Crippen molar-refractivity contribution >= 4 is 33.5 Å². The van der Waals surface area contributed by atoms with Crippen molar-refractivity contribution in [1.29, 1.82) is 0 Å². The lowest BCUT2D eigenvalue weighted by Crippen LogP contribution is -2.08. The average molecular weight is 519 g/mol. The zero-order valence-corrected chi connectivity index (χ0v) is 24.1. The summed E-state index contributed by atoms with van der Waals surface area (Å²) in [5.74, 6) is 1.42. The molecule has 0 radical (unpaired) electrons. The molecular formula is C28H54O4S2. The molecule has 0 aliphatic carbocycles. The van der Waals surface area contributed by atoms with Crippen LogP contribution in [0.15, 0.2) is 0 Å². The fourth-order valence-electron chi connectivity index (χ4n) is 3.80. The first-order chi connectivity index (χ1) is 16.7. The summed E-state index contributed by atoms with van der Waals surface area (Å²) in [6, 6.07) is 0. The van der Waals surface area contributed by atoms with Crippen molar-refractivity contribution in [3.05, 3.63) is 0 Å². The molecule has 0 saturated heterocycles. The number of carbonyl (C=O) groups is 2. The largest absolute Gasteiger partial charge is 0.465 e. The maximum atomic E-state index is 11.8. The van der Waals surface area contributed by atoms with Crippen LogP contribution in [0.1, 0.15) is 142 Å². The Hall–Kier alpha value is -0.360. The van der Waals surface area contributed by atoms with Crippen molar-refractivity contribution in [3.8, 4) is 0 Å². The molecule has 0 bridgehead atoms. The molecule has 0 rings (SSSR count). The van der Waals surface area contributed by atoms with Crippen LogP contribution < -0.4 is 0 Å². The molecule has 202 valence electrons. The van der Waals surface area contributed by atoms with E-state index in [1.165, 1.54) is 89.9 Å². The van der Waals surface area contributed by atoms with E-state index in [0.29, 0.717) is 26.1 Å². The standard InChI is InChI=1S/C28H54O4S2/c1-3-5-7-9-11-13-15-17-19-21-27(29)31-23-25-33-34-26-24-32-28(30)22-20-18-16-14-12-10-8-6-4-2/h3-26H2,1-2H3. The minimum atomic E-state index is -0.0704. The molecule has 0 atom stereocenters. The minimum Gasteiger partial charge on any atom is -0.465 e. The van der Waals surface area contributed by atoms with Crippen LogP contribution in [0.2, 0.25) is 0 Å². The highest BCUT2D eigenvalue weighted by atomic mass is 33.1. The zero-order chi connectivity index (χ0) is 25.0. The molecule has 0 aliphatic heterocycles. The predicted octanol–water partition coefficient (Wildman–Crippen LogP) is 9.30. The van der Waals surface area contributed by atoms with E-state index in [-0.39, 0.29) is 11.9 Å². The van der Waals surface area contributed by atoms with Crippen LogP contribution in [0, 0.1) is 0 Å². The van der Waals surface area contributed by atoms with Crippen molar-refractivity contribution in [2.75, 3.05) is 24.7 Å². The summed E-state index contributed by atoms with van der Waals surface area (Å²) in [4.78, 5) is 23.5. The summed E-state index contributed by atoms with van der Waals surface area (Å²) >= 11 is 0. The van der Waals surface area contributed by atoms with Gasteiger partial charge in [-0.15, -0.1) is 0 Å². The Morgan fingerprint density at radius 1 is 0.471 bits per heavy atom. The van der Waals surface area contributed by atoms with Crippen LogP contribution in [-0.2, 0) is 19.1 Å². The van der Waals surface area contributed by atoms with Crippen LogP contribution in [0.25, 0.3) is 0 Å². The molecule has 0 aromatic carbocycles. The van der Waals surface area contributed by atoms with Gasteiger partial charge in [0, 0.05) is 24.3 Å². The second-order valence-electron chi connectivity index (χ2n) is 9.24. The van der Waals surface area contributed by atoms with Crippen molar-refractivity contribution in [2.24, 2.45) is 0 Å². The minimum absolute atomic E-state index is 0.0704. The monoisotopic (exact) mass is 518 g/mol. The summed E-state index contributed by atoms with van der Waals surface area (Å²) < 4.78 is 10.6. The normalized spacial score (nSPS) is 11.0. The van der Waals surface area contributed by atoms with Gasteiger partial charge in [0.2, 0.25) is 0 Å². The number of ether oxygens (including phenoxy) is 2. The van der Waals surface area contributed by atoms with Crippen LogP contribution in [0.4, 0.5) is 0 Å². The smallest absolute Gasteiger partial charge is 0.305 e. The van der Waals surface area contributed by atoms with Gasteiger partial charge in [0.15, 0.2) is 0 Å². The highest BCUT2D eigenvalue weighted by Gasteiger charge is 2.04. The van der Waals surface area contributed by atoms with Crippen LogP contribution in [0.5, 0.6) is 0 Å². The Labute approximate surface area is 219 Å². The highest BCUT2D eigenvalue weighted by Crippen LogP contribution is 2.20. The van der Waals surface area contributed by atoms with E-state index >= 15 is 0 Å². The molecule has 4 nitrogen and oxygen atoms in total. The molecule has 0 amide bonds. The molecule has 0 aromatic heterocycles. The molecule has 0 N–H and O–H groups in total. The molecule has 34 heavy (non-hydrogen) atoms. The first-order valence-electron chi connectivity index (χ1n) is 14.3. The van der Waals surface area contributed by atoms with Gasteiger partial charge in [-0.3, -0.25) is 9.59 Å². The van der Waals surface area contributed by atoms with Crippen LogP contribution in [0.3, 0.4) is 0 Å². The number of carbonyl (C=O) groups excluding carboxylic acids is 2. The third-order valence-electron chi connectivity index (χ3n) is 5.91. The number of hydrogen-bond donors (Lipinski definition) is 0. The predicted molar refractivity (Wildman–Crippen MR) is 151 cm³/mol. The summed E-state index contributed by atoms with van der Waals surface area (Å²) in [6.07, 6.45) is 23.7. The summed E-state index contributed by atoms with van der Waals surface area (Å²) in [5, 5.41) is 0. The molecule has 0 heterocycles. The van der Waals surface area contributed by atoms with Gasteiger partial charge in [-0.1, -0.05) is 138 Å². The summed E-state index contributed by atoms with van der Waals surface area (Å²) in [5.41, 5.74) is 0. The van der Waals surface area contributed by atoms with Crippen molar-refractivity contribution in [1.82, 2.24) is 0 Å². The van der Waals surface area contributed by atoms with E-state index in [9.17, 15) is 9.59 Å². The van der Waals surface area contributed by atoms with Crippen molar-refractivity contribution in [3.63, 3.8) is 0 Å². The van der Waals surface area contributed by atoms with Gasteiger partial charge in [0.05, 0.1) is 0 Å². The maximum absolute atomic E-state index is 11.8. The second kappa shape index (κ2) is 28.9. The third-order valence-corrected chi connectivity index (χ3v) is 8.25. The molecule has 0 unspecified atom stereocenters. The zero-order valence-electron chi connectivity index (χ0n) is 22.4.